The first-order chi connectivity index (χ1) is 17.1. The highest BCUT2D eigenvalue weighted by Crippen LogP contribution is 2.36. The van der Waals surface area contributed by atoms with E-state index in [0.717, 1.165) is 38.5 Å². The SMILES string of the molecule is CCCCCCCOC(CCCCCCC)(OCCCCCCC)C(CCCCCCC)C(C)=O. The van der Waals surface area contributed by atoms with Crippen LogP contribution < -0.4 is 0 Å². The molecule has 1 unspecified atom stereocenters. The average Bonchev–Trinajstić information content (AvgIpc) is 2.85. The van der Waals surface area contributed by atoms with Crippen molar-refractivity contribution in [2.45, 2.75) is 182 Å². The van der Waals surface area contributed by atoms with Crippen LogP contribution in [0.2, 0.25) is 0 Å². The molecule has 0 aliphatic rings. The zero-order valence-electron chi connectivity index (χ0n) is 24.8. The number of carbonyl (C=O) groups excluding carboxylic acids is 1. The van der Waals surface area contributed by atoms with E-state index in [1.165, 1.54) is 103 Å². The maximum atomic E-state index is 13.0. The molecule has 0 aliphatic carbocycles. The molecule has 0 radical (unpaired) electrons. The molecule has 0 aliphatic heterocycles. The lowest BCUT2D eigenvalue weighted by molar-refractivity contribution is -0.268. The number of unbranched alkanes of at least 4 members (excludes halogenated alkanes) is 16. The van der Waals surface area contributed by atoms with Gasteiger partial charge in [-0.1, -0.05) is 137 Å². The quantitative estimate of drug-likeness (QED) is 0.0798. The minimum absolute atomic E-state index is 0.137. The summed E-state index contributed by atoms with van der Waals surface area (Å²) in [7, 11) is 0. The summed E-state index contributed by atoms with van der Waals surface area (Å²) in [4.78, 5) is 13.0. The van der Waals surface area contributed by atoms with Crippen molar-refractivity contribution in [3.8, 4) is 0 Å². The highest BCUT2D eigenvalue weighted by Gasteiger charge is 2.42. The summed E-state index contributed by atoms with van der Waals surface area (Å²) in [5.41, 5.74) is 0. The second-order valence-electron chi connectivity index (χ2n) is 10.9. The molecule has 0 spiro atoms. The summed E-state index contributed by atoms with van der Waals surface area (Å²) in [6.07, 6.45) is 26.2. The van der Waals surface area contributed by atoms with Crippen molar-refractivity contribution in [1.82, 2.24) is 0 Å². The van der Waals surface area contributed by atoms with Gasteiger partial charge in [0.15, 0.2) is 5.79 Å². The van der Waals surface area contributed by atoms with Gasteiger partial charge in [0.2, 0.25) is 0 Å². The van der Waals surface area contributed by atoms with Crippen LogP contribution in [0.25, 0.3) is 0 Å². The Kier molecular flexibility index (Phi) is 25.0. The van der Waals surface area contributed by atoms with Gasteiger partial charge in [-0.15, -0.1) is 0 Å². The largest absolute Gasteiger partial charge is 0.349 e. The van der Waals surface area contributed by atoms with Crippen molar-refractivity contribution in [2.24, 2.45) is 5.92 Å². The smallest absolute Gasteiger partial charge is 0.177 e. The summed E-state index contributed by atoms with van der Waals surface area (Å²) in [5, 5.41) is 0. The Morgan fingerprint density at radius 3 is 1.31 bits per heavy atom. The van der Waals surface area contributed by atoms with Crippen molar-refractivity contribution < 1.29 is 14.3 Å². The molecule has 3 heteroatoms. The van der Waals surface area contributed by atoms with E-state index in [1.54, 1.807) is 6.92 Å². The predicted octanol–water partition coefficient (Wildman–Crippen LogP) is 10.6. The Hall–Kier alpha value is -0.410. The van der Waals surface area contributed by atoms with Crippen LogP contribution in [-0.4, -0.2) is 24.8 Å². The summed E-state index contributed by atoms with van der Waals surface area (Å²) >= 11 is 0. The summed E-state index contributed by atoms with van der Waals surface area (Å²) in [5.74, 6) is -0.606. The second kappa shape index (κ2) is 25.2. The van der Waals surface area contributed by atoms with Crippen molar-refractivity contribution >= 4 is 5.78 Å². The van der Waals surface area contributed by atoms with Gasteiger partial charge in [-0.25, -0.2) is 0 Å². The van der Waals surface area contributed by atoms with Gasteiger partial charge in [0.25, 0.3) is 0 Å². The third-order valence-corrected chi connectivity index (χ3v) is 7.44. The monoisotopic (exact) mass is 496 g/mol. The van der Waals surface area contributed by atoms with Crippen LogP contribution in [0, 0.1) is 5.92 Å². The topological polar surface area (TPSA) is 35.5 Å². The summed E-state index contributed by atoms with van der Waals surface area (Å²) < 4.78 is 13.4. The van der Waals surface area contributed by atoms with Crippen LogP contribution in [0.15, 0.2) is 0 Å². The molecule has 1 atom stereocenters. The summed E-state index contributed by atoms with van der Waals surface area (Å²) in [6.45, 7) is 12.2. The van der Waals surface area contributed by atoms with Gasteiger partial charge in [0, 0.05) is 6.42 Å². The Balaban J connectivity index is 5.36. The number of carbonyl (C=O) groups is 1. The van der Waals surface area contributed by atoms with Gasteiger partial charge in [-0.05, 0) is 32.6 Å². The molecular formula is C32H64O3. The van der Waals surface area contributed by atoms with E-state index in [1.807, 2.05) is 0 Å². The summed E-state index contributed by atoms with van der Waals surface area (Å²) in [6, 6.07) is 0. The van der Waals surface area contributed by atoms with Crippen LogP contribution in [0.5, 0.6) is 0 Å². The molecule has 0 heterocycles. The first-order valence-corrected chi connectivity index (χ1v) is 15.9. The van der Waals surface area contributed by atoms with Crippen LogP contribution in [0.3, 0.4) is 0 Å². The fourth-order valence-corrected chi connectivity index (χ4v) is 5.12. The van der Waals surface area contributed by atoms with E-state index in [-0.39, 0.29) is 11.7 Å². The second-order valence-corrected chi connectivity index (χ2v) is 10.9. The van der Waals surface area contributed by atoms with Gasteiger partial charge in [-0.2, -0.15) is 0 Å². The van der Waals surface area contributed by atoms with Crippen molar-refractivity contribution in [1.29, 1.82) is 0 Å². The highest BCUT2D eigenvalue weighted by atomic mass is 16.7. The van der Waals surface area contributed by atoms with Gasteiger partial charge >= 0.3 is 0 Å². The Labute approximate surface area is 220 Å². The zero-order valence-corrected chi connectivity index (χ0v) is 24.8. The number of hydrogen-bond donors (Lipinski definition) is 0. The number of hydrogen-bond acceptors (Lipinski definition) is 3. The van der Waals surface area contributed by atoms with Crippen LogP contribution in [0.1, 0.15) is 176 Å². The van der Waals surface area contributed by atoms with Crippen LogP contribution in [-0.2, 0) is 14.3 Å². The molecule has 0 bridgehead atoms. The van der Waals surface area contributed by atoms with Crippen LogP contribution >= 0.6 is 0 Å². The van der Waals surface area contributed by atoms with E-state index in [0.29, 0.717) is 13.2 Å². The van der Waals surface area contributed by atoms with Crippen molar-refractivity contribution in [3.05, 3.63) is 0 Å². The third kappa shape index (κ3) is 18.5. The molecule has 0 saturated heterocycles. The molecule has 0 aromatic heterocycles. The molecule has 210 valence electrons. The highest BCUT2D eigenvalue weighted by molar-refractivity contribution is 5.79. The van der Waals surface area contributed by atoms with Crippen molar-refractivity contribution in [3.63, 3.8) is 0 Å². The number of ketones is 1. The Morgan fingerprint density at radius 2 is 0.914 bits per heavy atom. The van der Waals surface area contributed by atoms with E-state index < -0.39 is 5.79 Å². The van der Waals surface area contributed by atoms with Crippen LogP contribution in [0.4, 0.5) is 0 Å². The standard InChI is InChI=1S/C32H64O3/c1-6-10-14-18-22-26-31(30(5)33)32(27-23-19-15-11-7-2,34-28-24-20-16-12-8-3)35-29-25-21-17-13-9-4/h31H,6-29H2,1-5H3. The molecule has 0 aromatic rings. The molecule has 0 aromatic carbocycles. The molecule has 0 fully saturated rings. The lowest BCUT2D eigenvalue weighted by atomic mass is 9.85. The van der Waals surface area contributed by atoms with Gasteiger partial charge in [0.1, 0.15) is 5.78 Å². The predicted molar refractivity (Wildman–Crippen MR) is 153 cm³/mol. The minimum Gasteiger partial charge on any atom is -0.349 e. The van der Waals surface area contributed by atoms with E-state index in [9.17, 15) is 4.79 Å². The Morgan fingerprint density at radius 1 is 0.543 bits per heavy atom. The van der Waals surface area contributed by atoms with Gasteiger partial charge in [-0.3, -0.25) is 4.79 Å². The average molecular weight is 497 g/mol. The number of Topliss-reactive ketones (excluding diaryl/α,β-unsaturated/α-hetero) is 1. The Bertz CT molecular complexity index is 432. The minimum atomic E-state index is -0.724. The molecule has 0 saturated carbocycles. The van der Waals surface area contributed by atoms with Crippen molar-refractivity contribution in [2.75, 3.05) is 13.2 Å². The fraction of sp³-hybridized carbons (Fsp3) is 0.969. The molecule has 0 rings (SSSR count). The number of ether oxygens (including phenoxy) is 2. The van der Waals surface area contributed by atoms with E-state index >= 15 is 0 Å². The van der Waals surface area contributed by atoms with E-state index in [4.69, 9.17) is 9.47 Å². The molecule has 35 heavy (non-hydrogen) atoms. The molecule has 3 nitrogen and oxygen atoms in total. The third-order valence-electron chi connectivity index (χ3n) is 7.44. The molecule has 0 N–H and O–H groups in total. The normalized spacial score (nSPS) is 12.8. The maximum Gasteiger partial charge on any atom is 0.177 e. The number of rotatable bonds is 28. The first-order valence-electron chi connectivity index (χ1n) is 15.9. The first kappa shape index (κ1) is 34.6. The molecule has 0 amide bonds. The molecular weight excluding hydrogens is 432 g/mol. The lowest BCUT2D eigenvalue weighted by Gasteiger charge is -2.40. The van der Waals surface area contributed by atoms with E-state index in [2.05, 4.69) is 27.7 Å². The lowest BCUT2D eigenvalue weighted by Crippen LogP contribution is -2.47. The van der Waals surface area contributed by atoms with Gasteiger partial charge < -0.3 is 9.47 Å². The fourth-order valence-electron chi connectivity index (χ4n) is 5.12. The maximum absolute atomic E-state index is 13.0. The van der Waals surface area contributed by atoms with Gasteiger partial charge in [0.05, 0.1) is 19.1 Å². The zero-order chi connectivity index (χ0) is 26.0.